The van der Waals surface area contributed by atoms with Crippen LogP contribution in [0.25, 0.3) is 6.08 Å². The molecule has 3 rings (SSSR count). The largest absolute Gasteiger partial charge is 0.336 e. The Morgan fingerprint density at radius 1 is 1.12 bits per heavy atom. The van der Waals surface area contributed by atoms with Crippen LogP contribution in [0.3, 0.4) is 0 Å². The molecule has 3 amide bonds. The van der Waals surface area contributed by atoms with Crippen LogP contribution in [0.15, 0.2) is 48.2 Å². The molecule has 0 spiro atoms. The van der Waals surface area contributed by atoms with Crippen LogP contribution in [0.2, 0.25) is 5.02 Å². The Morgan fingerprint density at radius 2 is 1.80 bits per heavy atom. The van der Waals surface area contributed by atoms with Gasteiger partial charge in [-0.3, -0.25) is 9.69 Å². The summed E-state index contributed by atoms with van der Waals surface area (Å²) in [6, 6.07) is 13.4. The number of anilines is 1. The first-order valence-electron chi connectivity index (χ1n) is 7.52. The number of halogens is 1. The van der Waals surface area contributed by atoms with Crippen LogP contribution in [0.1, 0.15) is 16.7 Å². The highest BCUT2D eigenvalue weighted by Gasteiger charge is 2.39. The van der Waals surface area contributed by atoms with Crippen molar-refractivity contribution in [3.05, 3.63) is 69.9 Å². The fourth-order valence-corrected chi connectivity index (χ4v) is 2.93. The number of imide groups is 1. The van der Waals surface area contributed by atoms with E-state index in [1.807, 2.05) is 13.0 Å². The SMILES string of the molecule is Cc1cc(Cl)cc(N2C(=O)/C(=C\c3ccc(C#N)cc3)N(C)C2=O)c1. The molecule has 25 heavy (non-hydrogen) atoms. The smallest absolute Gasteiger partial charge is 0.292 e. The average molecular weight is 352 g/mol. The summed E-state index contributed by atoms with van der Waals surface area (Å²) in [4.78, 5) is 27.7. The molecule has 124 valence electrons. The first kappa shape index (κ1) is 16.7. The van der Waals surface area contributed by atoms with Crippen molar-refractivity contribution in [1.29, 1.82) is 5.26 Å². The quantitative estimate of drug-likeness (QED) is 0.607. The molecule has 1 heterocycles. The van der Waals surface area contributed by atoms with Gasteiger partial charge in [0, 0.05) is 12.1 Å². The lowest BCUT2D eigenvalue weighted by Crippen LogP contribution is -2.31. The number of nitrogens with zero attached hydrogens (tertiary/aromatic N) is 3. The van der Waals surface area contributed by atoms with Crippen molar-refractivity contribution < 1.29 is 9.59 Å². The number of likely N-dealkylation sites (N-methyl/N-ethyl adjacent to an activating group) is 1. The Balaban J connectivity index is 2.00. The molecule has 0 saturated carbocycles. The van der Waals surface area contributed by atoms with Gasteiger partial charge in [-0.25, -0.2) is 9.69 Å². The molecule has 1 saturated heterocycles. The molecule has 0 unspecified atom stereocenters. The summed E-state index contributed by atoms with van der Waals surface area (Å²) >= 11 is 6.05. The van der Waals surface area contributed by atoms with E-state index >= 15 is 0 Å². The summed E-state index contributed by atoms with van der Waals surface area (Å²) in [6.07, 6.45) is 1.62. The Bertz CT molecular complexity index is 922. The number of amides is 3. The van der Waals surface area contributed by atoms with Crippen LogP contribution in [-0.2, 0) is 4.79 Å². The predicted octanol–water partition coefficient (Wildman–Crippen LogP) is 3.96. The van der Waals surface area contributed by atoms with Crippen molar-refractivity contribution in [2.24, 2.45) is 0 Å². The van der Waals surface area contributed by atoms with Gasteiger partial charge < -0.3 is 0 Å². The molecular weight excluding hydrogens is 338 g/mol. The molecule has 5 nitrogen and oxygen atoms in total. The zero-order valence-corrected chi connectivity index (χ0v) is 14.4. The number of nitriles is 1. The molecule has 1 aliphatic heterocycles. The van der Waals surface area contributed by atoms with E-state index in [2.05, 4.69) is 0 Å². The Morgan fingerprint density at radius 3 is 2.40 bits per heavy atom. The van der Waals surface area contributed by atoms with Crippen molar-refractivity contribution in [1.82, 2.24) is 4.90 Å². The number of rotatable bonds is 2. The highest BCUT2D eigenvalue weighted by atomic mass is 35.5. The van der Waals surface area contributed by atoms with Crippen molar-refractivity contribution in [3.63, 3.8) is 0 Å². The third-order valence-corrected chi connectivity index (χ3v) is 4.11. The number of aryl methyl sites for hydroxylation is 1. The fourth-order valence-electron chi connectivity index (χ4n) is 2.64. The van der Waals surface area contributed by atoms with Crippen LogP contribution in [0, 0.1) is 18.3 Å². The molecule has 0 radical (unpaired) electrons. The predicted molar refractivity (Wildman–Crippen MR) is 96.0 cm³/mol. The Labute approximate surface area is 150 Å². The van der Waals surface area contributed by atoms with E-state index in [9.17, 15) is 9.59 Å². The monoisotopic (exact) mass is 351 g/mol. The van der Waals surface area contributed by atoms with Crippen molar-refractivity contribution in [3.8, 4) is 6.07 Å². The van der Waals surface area contributed by atoms with Gasteiger partial charge in [0.05, 0.1) is 17.3 Å². The van der Waals surface area contributed by atoms with Gasteiger partial charge >= 0.3 is 6.03 Å². The van der Waals surface area contributed by atoms with Gasteiger partial charge in [-0.2, -0.15) is 5.26 Å². The number of carbonyl (C=O) groups excluding carboxylic acids is 2. The molecule has 0 atom stereocenters. The summed E-state index contributed by atoms with van der Waals surface area (Å²) in [7, 11) is 1.55. The van der Waals surface area contributed by atoms with E-state index < -0.39 is 11.9 Å². The molecule has 6 heteroatoms. The standard InChI is InChI=1S/C19H14ClN3O2/c1-12-7-15(20)10-16(8-12)23-18(24)17(22(2)19(23)25)9-13-3-5-14(11-21)6-4-13/h3-10H,1-2H3/b17-9+. The van der Waals surface area contributed by atoms with Gasteiger partial charge in [-0.05, 0) is 54.5 Å². The van der Waals surface area contributed by atoms with E-state index in [1.54, 1.807) is 55.6 Å². The Kier molecular flexibility index (Phi) is 4.30. The van der Waals surface area contributed by atoms with Gasteiger partial charge in [-0.15, -0.1) is 0 Å². The first-order valence-corrected chi connectivity index (χ1v) is 7.89. The third-order valence-electron chi connectivity index (χ3n) is 3.89. The number of benzene rings is 2. The number of urea groups is 1. The van der Waals surface area contributed by atoms with Crippen LogP contribution in [0.4, 0.5) is 10.5 Å². The maximum absolute atomic E-state index is 12.8. The molecule has 2 aromatic rings. The van der Waals surface area contributed by atoms with Gasteiger partial charge in [-0.1, -0.05) is 23.7 Å². The number of hydrogen-bond donors (Lipinski definition) is 0. The van der Waals surface area contributed by atoms with E-state index in [0.29, 0.717) is 16.3 Å². The second-order valence-corrected chi connectivity index (χ2v) is 6.17. The second kappa shape index (κ2) is 6.42. The third kappa shape index (κ3) is 3.12. The van der Waals surface area contributed by atoms with Gasteiger partial charge in [0.25, 0.3) is 5.91 Å². The first-order chi connectivity index (χ1) is 11.9. The lowest BCUT2D eigenvalue weighted by Gasteiger charge is -2.14. The highest BCUT2D eigenvalue weighted by molar-refractivity contribution is 6.32. The molecule has 1 fully saturated rings. The van der Waals surface area contributed by atoms with Crippen molar-refractivity contribution >= 4 is 35.3 Å². The molecule has 1 aliphatic rings. The van der Waals surface area contributed by atoms with Crippen LogP contribution in [-0.4, -0.2) is 23.9 Å². The summed E-state index contributed by atoms with van der Waals surface area (Å²) in [5.41, 5.74) is 2.81. The summed E-state index contributed by atoms with van der Waals surface area (Å²) in [5.74, 6) is -0.418. The van der Waals surface area contributed by atoms with E-state index in [4.69, 9.17) is 16.9 Å². The van der Waals surface area contributed by atoms with Crippen LogP contribution >= 0.6 is 11.6 Å². The topological polar surface area (TPSA) is 64.4 Å². The van der Waals surface area contributed by atoms with Gasteiger partial charge in [0.2, 0.25) is 0 Å². The lowest BCUT2D eigenvalue weighted by molar-refractivity contribution is -0.114. The normalized spacial score (nSPS) is 15.8. The molecule has 0 aliphatic carbocycles. The molecule has 0 N–H and O–H groups in total. The second-order valence-electron chi connectivity index (χ2n) is 5.73. The molecular formula is C19H14ClN3O2. The van der Waals surface area contributed by atoms with Gasteiger partial charge in [0.1, 0.15) is 5.70 Å². The van der Waals surface area contributed by atoms with Crippen molar-refractivity contribution in [2.75, 3.05) is 11.9 Å². The van der Waals surface area contributed by atoms with E-state index in [1.165, 1.54) is 4.90 Å². The molecule has 0 bridgehead atoms. The maximum atomic E-state index is 12.8. The summed E-state index contributed by atoms with van der Waals surface area (Å²) in [6.45, 7) is 1.84. The fraction of sp³-hybridized carbons (Fsp3) is 0.105. The number of carbonyl (C=O) groups is 2. The van der Waals surface area contributed by atoms with Crippen molar-refractivity contribution in [2.45, 2.75) is 6.92 Å². The van der Waals surface area contributed by atoms with E-state index in [0.717, 1.165) is 16.0 Å². The summed E-state index contributed by atoms with van der Waals surface area (Å²) < 4.78 is 0. The van der Waals surface area contributed by atoms with Gasteiger partial charge in [0.15, 0.2) is 0 Å². The molecule has 2 aromatic carbocycles. The summed E-state index contributed by atoms with van der Waals surface area (Å²) in [5, 5.41) is 9.31. The zero-order chi connectivity index (χ0) is 18.1. The highest BCUT2D eigenvalue weighted by Crippen LogP contribution is 2.30. The van der Waals surface area contributed by atoms with E-state index in [-0.39, 0.29) is 5.70 Å². The minimum atomic E-state index is -0.438. The number of hydrogen-bond acceptors (Lipinski definition) is 3. The molecule has 0 aromatic heterocycles. The van der Waals surface area contributed by atoms with Crippen LogP contribution in [0.5, 0.6) is 0 Å². The lowest BCUT2D eigenvalue weighted by atomic mass is 10.1. The average Bonchev–Trinajstić information content (AvgIpc) is 2.78. The minimum absolute atomic E-state index is 0.257. The Hall–Kier alpha value is -3.10. The minimum Gasteiger partial charge on any atom is -0.292 e. The zero-order valence-electron chi connectivity index (χ0n) is 13.7. The maximum Gasteiger partial charge on any atom is 0.336 e. The van der Waals surface area contributed by atoms with Crippen LogP contribution < -0.4 is 4.90 Å².